The van der Waals surface area contributed by atoms with Crippen molar-refractivity contribution in [2.75, 3.05) is 18.5 Å². The molecule has 2 aliphatic rings. The van der Waals surface area contributed by atoms with Gasteiger partial charge in [-0.3, -0.25) is 0 Å². The molecular formula is C18H18ClNO. The Kier molecular flexibility index (Phi) is 3.36. The quantitative estimate of drug-likeness (QED) is 0.829. The van der Waals surface area contributed by atoms with Crippen molar-refractivity contribution in [1.29, 1.82) is 0 Å². The van der Waals surface area contributed by atoms with Crippen LogP contribution >= 0.6 is 11.6 Å². The zero-order valence-corrected chi connectivity index (χ0v) is 12.5. The Morgan fingerprint density at radius 2 is 1.95 bits per heavy atom. The first-order valence-electron chi connectivity index (χ1n) is 7.53. The van der Waals surface area contributed by atoms with Gasteiger partial charge in [0.15, 0.2) is 0 Å². The minimum atomic E-state index is 0.152. The van der Waals surface area contributed by atoms with Crippen molar-refractivity contribution < 1.29 is 4.74 Å². The SMILES string of the molecule is Clc1ccc2c(c1)C1OCC[C@@H](c3ccccc3)C1CN2. The van der Waals surface area contributed by atoms with Gasteiger partial charge in [-0.15, -0.1) is 0 Å². The van der Waals surface area contributed by atoms with Gasteiger partial charge in [-0.1, -0.05) is 41.9 Å². The Hall–Kier alpha value is -1.51. The van der Waals surface area contributed by atoms with Crippen LogP contribution in [-0.4, -0.2) is 13.2 Å². The van der Waals surface area contributed by atoms with Crippen LogP contribution in [0.2, 0.25) is 5.02 Å². The van der Waals surface area contributed by atoms with E-state index in [0.717, 1.165) is 30.3 Å². The second-order valence-corrected chi connectivity index (χ2v) is 6.31. The summed E-state index contributed by atoms with van der Waals surface area (Å²) in [6, 6.07) is 16.8. The normalized spacial score (nSPS) is 27.4. The van der Waals surface area contributed by atoms with E-state index in [1.807, 2.05) is 12.1 Å². The summed E-state index contributed by atoms with van der Waals surface area (Å²) in [5.41, 5.74) is 3.79. The van der Waals surface area contributed by atoms with Crippen LogP contribution in [0.25, 0.3) is 0 Å². The minimum absolute atomic E-state index is 0.152. The average molecular weight is 300 g/mol. The van der Waals surface area contributed by atoms with Crippen molar-refractivity contribution in [2.24, 2.45) is 5.92 Å². The van der Waals surface area contributed by atoms with Crippen molar-refractivity contribution in [2.45, 2.75) is 18.4 Å². The van der Waals surface area contributed by atoms with E-state index < -0.39 is 0 Å². The number of hydrogen-bond donors (Lipinski definition) is 1. The lowest BCUT2D eigenvalue weighted by atomic mass is 9.75. The summed E-state index contributed by atoms with van der Waals surface area (Å²) in [6.07, 6.45) is 1.24. The van der Waals surface area contributed by atoms with Gasteiger partial charge in [0.05, 0.1) is 6.10 Å². The van der Waals surface area contributed by atoms with Crippen LogP contribution in [0.15, 0.2) is 48.5 Å². The van der Waals surface area contributed by atoms with Gasteiger partial charge in [0.25, 0.3) is 0 Å². The molecule has 2 aromatic carbocycles. The molecule has 1 fully saturated rings. The second-order valence-electron chi connectivity index (χ2n) is 5.87. The number of anilines is 1. The fourth-order valence-electron chi connectivity index (χ4n) is 3.71. The first kappa shape index (κ1) is 13.2. The molecular weight excluding hydrogens is 282 g/mol. The van der Waals surface area contributed by atoms with E-state index in [2.05, 4.69) is 41.7 Å². The Balaban J connectivity index is 1.71. The molecule has 3 heteroatoms. The lowest BCUT2D eigenvalue weighted by Crippen LogP contribution is -2.37. The van der Waals surface area contributed by atoms with E-state index >= 15 is 0 Å². The molecule has 0 spiro atoms. The molecule has 2 aromatic rings. The summed E-state index contributed by atoms with van der Waals surface area (Å²) in [7, 11) is 0. The molecule has 0 amide bonds. The van der Waals surface area contributed by atoms with Crippen LogP contribution in [0.5, 0.6) is 0 Å². The second kappa shape index (κ2) is 5.36. The summed E-state index contributed by atoms with van der Waals surface area (Å²) in [5, 5.41) is 4.33. The molecule has 0 aliphatic carbocycles. The van der Waals surface area contributed by atoms with Crippen molar-refractivity contribution in [3.05, 3.63) is 64.7 Å². The molecule has 0 radical (unpaired) electrons. The molecule has 2 nitrogen and oxygen atoms in total. The maximum absolute atomic E-state index is 6.18. The summed E-state index contributed by atoms with van der Waals surface area (Å²) >= 11 is 6.18. The molecule has 1 N–H and O–H groups in total. The highest BCUT2D eigenvalue weighted by Gasteiger charge is 2.39. The van der Waals surface area contributed by atoms with Crippen LogP contribution < -0.4 is 5.32 Å². The largest absolute Gasteiger partial charge is 0.384 e. The third-order valence-corrected chi connectivity index (χ3v) is 4.94. The first-order chi connectivity index (χ1) is 10.3. The van der Waals surface area contributed by atoms with E-state index in [9.17, 15) is 0 Å². The maximum Gasteiger partial charge on any atom is 0.0896 e. The van der Waals surface area contributed by atoms with Gasteiger partial charge in [-0.2, -0.15) is 0 Å². The summed E-state index contributed by atoms with van der Waals surface area (Å²) in [6.45, 7) is 1.77. The Labute approximate surface area is 130 Å². The number of ether oxygens (including phenoxy) is 1. The van der Waals surface area contributed by atoms with Crippen molar-refractivity contribution >= 4 is 17.3 Å². The zero-order valence-electron chi connectivity index (χ0n) is 11.8. The lowest BCUT2D eigenvalue weighted by molar-refractivity contribution is -0.0381. The number of nitrogens with one attached hydrogen (secondary N) is 1. The number of halogens is 1. The van der Waals surface area contributed by atoms with E-state index in [-0.39, 0.29) is 6.10 Å². The van der Waals surface area contributed by atoms with Crippen LogP contribution in [0.3, 0.4) is 0 Å². The van der Waals surface area contributed by atoms with E-state index in [4.69, 9.17) is 16.3 Å². The highest BCUT2D eigenvalue weighted by Crippen LogP contribution is 2.47. The minimum Gasteiger partial charge on any atom is -0.384 e. The fraction of sp³-hybridized carbons (Fsp3) is 0.333. The molecule has 3 atom stereocenters. The topological polar surface area (TPSA) is 21.3 Å². The van der Waals surface area contributed by atoms with Crippen molar-refractivity contribution in [3.63, 3.8) is 0 Å². The number of benzene rings is 2. The van der Waals surface area contributed by atoms with Crippen molar-refractivity contribution in [3.8, 4) is 0 Å². The van der Waals surface area contributed by atoms with Gasteiger partial charge in [0.1, 0.15) is 0 Å². The first-order valence-corrected chi connectivity index (χ1v) is 7.90. The third-order valence-electron chi connectivity index (χ3n) is 4.71. The molecule has 0 saturated carbocycles. The number of rotatable bonds is 1. The van der Waals surface area contributed by atoms with Gasteiger partial charge < -0.3 is 10.1 Å². The third kappa shape index (κ3) is 2.33. The van der Waals surface area contributed by atoms with Gasteiger partial charge in [0, 0.05) is 35.3 Å². The lowest BCUT2D eigenvalue weighted by Gasteiger charge is -2.42. The van der Waals surface area contributed by atoms with E-state index in [0.29, 0.717) is 11.8 Å². The Bertz CT molecular complexity index is 643. The zero-order chi connectivity index (χ0) is 14.2. The van der Waals surface area contributed by atoms with Crippen LogP contribution in [0.4, 0.5) is 5.69 Å². The molecule has 108 valence electrons. The smallest absolute Gasteiger partial charge is 0.0896 e. The van der Waals surface area contributed by atoms with Gasteiger partial charge in [-0.25, -0.2) is 0 Å². The molecule has 21 heavy (non-hydrogen) atoms. The molecule has 0 aromatic heterocycles. The highest BCUT2D eigenvalue weighted by molar-refractivity contribution is 6.30. The van der Waals surface area contributed by atoms with Gasteiger partial charge in [-0.05, 0) is 36.1 Å². The standard InChI is InChI=1S/C18H18ClNO/c19-13-6-7-17-15(10-13)18-16(11-20-17)14(8-9-21-18)12-4-2-1-3-5-12/h1-7,10,14,16,18,20H,8-9,11H2/t14-,16?,18?/m0/s1. The molecule has 1 saturated heterocycles. The number of hydrogen-bond acceptors (Lipinski definition) is 2. The molecule has 2 heterocycles. The van der Waals surface area contributed by atoms with Gasteiger partial charge in [0.2, 0.25) is 0 Å². The summed E-state index contributed by atoms with van der Waals surface area (Å²) < 4.78 is 6.12. The summed E-state index contributed by atoms with van der Waals surface area (Å²) in [4.78, 5) is 0. The van der Waals surface area contributed by atoms with E-state index in [1.165, 1.54) is 11.1 Å². The molecule has 2 aliphatic heterocycles. The Morgan fingerprint density at radius 3 is 2.81 bits per heavy atom. The monoisotopic (exact) mass is 299 g/mol. The van der Waals surface area contributed by atoms with Gasteiger partial charge >= 0.3 is 0 Å². The van der Waals surface area contributed by atoms with Crippen molar-refractivity contribution in [1.82, 2.24) is 0 Å². The summed E-state index contributed by atoms with van der Waals surface area (Å²) in [5.74, 6) is 1.01. The highest BCUT2D eigenvalue weighted by atomic mass is 35.5. The fourth-order valence-corrected chi connectivity index (χ4v) is 3.89. The molecule has 0 bridgehead atoms. The van der Waals surface area contributed by atoms with E-state index in [1.54, 1.807) is 0 Å². The predicted octanol–water partition coefficient (Wildman–Crippen LogP) is 4.63. The molecule has 4 rings (SSSR count). The van der Waals surface area contributed by atoms with Crippen LogP contribution in [0, 0.1) is 5.92 Å². The Morgan fingerprint density at radius 1 is 1.10 bits per heavy atom. The average Bonchev–Trinajstić information content (AvgIpc) is 2.55. The predicted molar refractivity (Wildman–Crippen MR) is 85.9 cm³/mol. The van der Waals surface area contributed by atoms with Crippen LogP contribution in [0.1, 0.15) is 29.6 Å². The maximum atomic E-state index is 6.18. The molecule has 2 unspecified atom stereocenters. The van der Waals surface area contributed by atoms with Crippen LogP contribution in [-0.2, 0) is 4.74 Å². The number of fused-ring (bicyclic) bond motifs is 3.